The summed E-state index contributed by atoms with van der Waals surface area (Å²) in [5.74, 6) is 0.816. The van der Waals surface area contributed by atoms with Crippen molar-refractivity contribution in [2.45, 2.75) is 6.42 Å². The molecule has 0 aliphatic carbocycles. The number of fused-ring (bicyclic) bond motifs is 1. The number of carbonyl (C=O) groups is 1. The van der Waals surface area contributed by atoms with E-state index < -0.39 is 0 Å². The predicted octanol–water partition coefficient (Wildman–Crippen LogP) is 1.10. The number of rotatable bonds is 2. The SMILES string of the molecule is O=C(c1ccccn1)N1CCCN(c2ncnc3nc[nH]c23)CC1. The van der Waals surface area contributed by atoms with Crippen LogP contribution in [0.4, 0.5) is 5.82 Å². The van der Waals surface area contributed by atoms with Crippen molar-refractivity contribution in [2.75, 3.05) is 31.1 Å². The summed E-state index contributed by atoms with van der Waals surface area (Å²) in [4.78, 5) is 36.6. The van der Waals surface area contributed by atoms with Crippen LogP contribution in [0.25, 0.3) is 11.2 Å². The summed E-state index contributed by atoms with van der Waals surface area (Å²) in [7, 11) is 0. The van der Waals surface area contributed by atoms with Crippen LogP contribution in [0.1, 0.15) is 16.9 Å². The molecule has 1 aliphatic heterocycles. The third kappa shape index (κ3) is 2.66. The molecule has 1 N–H and O–H groups in total. The average Bonchev–Trinajstić information content (AvgIpc) is 2.99. The molecule has 24 heavy (non-hydrogen) atoms. The van der Waals surface area contributed by atoms with E-state index in [1.54, 1.807) is 18.6 Å². The molecule has 4 rings (SSSR count). The van der Waals surface area contributed by atoms with Gasteiger partial charge in [-0.25, -0.2) is 15.0 Å². The second kappa shape index (κ2) is 6.23. The lowest BCUT2D eigenvalue weighted by Crippen LogP contribution is -2.35. The number of hydrogen-bond donors (Lipinski definition) is 1. The highest BCUT2D eigenvalue weighted by molar-refractivity contribution is 5.92. The van der Waals surface area contributed by atoms with E-state index in [9.17, 15) is 4.79 Å². The van der Waals surface area contributed by atoms with Crippen molar-refractivity contribution in [3.05, 3.63) is 42.7 Å². The molecule has 1 saturated heterocycles. The maximum absolute atomic E-state index is 12.6. The average molecular weight is 323 g/mol. The molecule has 0 bridgehead atoms. The Balaban J connectivity index is 1.52. The Morgan fingerprint density at radius 1 is 1.04 bits per heavy atom. The Morgan fingerprint density at radius 2 is 2.00 bits per heavy atom. The number of amides is 1. The van der Waals surface area contributed by atoms with Gasteiger partial charge in [0.25, 0.3) is 5.91 Å². The molecule has 1 amide bonds. The number of nitrogens with zero attached hydrogens (tertiary/aromatic N) is 6. The van der Waals surface area contributed by atoms with Gasteiger partial charge in [-0.15, -0.1) is 0 Å². The van der Waals surface area contributed by atoms with Crippen LogP contribution < -0.4 is 4.90 Å². The summed E-state index contributed by atoms with van der Waals surface area (Å²) in [6.45, 7) is 2.89. The highest BCUT2D eigenvalue weighted by Gasteiger charge is 2.23. The monoisotopic (exact) mass is 323 g/mol. The number of anilines is 1. The van der Waals surface area contributed by atoms with Crippen molar-refractivity contribution in [1.82, 2.24) is 29.8 Å². The minimum Gasteiger partial charge on any atom is -0.353 e. The fourth-order valence-corrected chi connectivity index (χ4v) is 2.98. The van der Waals surface area contributed by atoms with Crippen molar-refractivity contribution in [3.63, 3.8) is 0 Å². The predicted molar refractivity (Wildman–Crippen MR) is 88.7 cm³/mol. The highest BCUT2D eigenvalue weighted by atomic mass is 16.2. The van der Waals surface area contributed by atoms with E-state index in [0.717, 1.165) is 24.3 Å². The van der Waals surface area contributed by atoms with Gasteiger partial charge in [-0.05, 0) is 18.6 Å². The molecule has 0 unspecified atom stereocenters. The first kappa shape index (κ1) is 14.6. The maximum atomic E-state index is 12.6. The number of H-pyrrole nitrogens is 1. The lowest BCUT2D eigenvalue weighted by molar-refractivity contribution is 0.0761. The van der Waals surface area contributed by atoms with E-state index in [1.807, 2.05) is 17.0 Å². The largest absolute Gasteiger partial charge is 0.353 e. The smallest absolute Gasteiger partial charge is 0.272 e. The maximum Gasteiger partial charge on any atom is 0.272 e. The normalized spacial score (nSPS) is 15.5. The molecule has 0 aromatic carbocycles. The van der Waals surface area contributed by atoms with E-state index >= 15 is 0 Å². The minimum atomic E-state index is -0.0215. The number of carbonyl (C=O) groups excluding carboxylic acids is 1. The molecule has 0 saturated carbocycles. The second-order valence-corrected chi connectivity index (χ2v) is 5.65. The van der Waals surface area contributed by atoms with Gasteiger partial charge < -0.3 is 14.8 Å². The van der Waals surface area contributed by atoms with Gasteiger partial charge in [0.1, 0.15) is 17.5 Å². The summed E-state index contributed by atoms with van der Waals surface area (Å²) in [5.41, 5.74) is 1.98. The molecule has 4 heterocycles. The Kier molecular flexibility index (Phi) is 3.78. The van der Waals surface area contributed by atoms with Crippen LogP contribution in [0, 0.1) is 0 Å². The zero-order valence-electron chi connectivity index (χ0n) is 13.1. The number of imidazole rings is 1. The quantitative estimate of drug-likeness (QED) is 0.759. The Hall–Kier alpha value is -3.03. The molecule has 122 valence electrons. The van der Waals surface area contributed by atoms with Crippen LogP contribution >= 0.6 is 0 Å². The van der Waals surface area contributed by atoms with E-state index in [1.165, 1.54) is 6.33 Å². The molecular formula is C16H17N7O. The van der Waals surface area contributed by atoms with Crippen LogP contribution in [0.5, 0.6) is 0 Å². The van der Waals surface area contributed by atoms with Crippen molar-refractivity contribution in [1.29, 1.82) is 0 Å². The molecule has 0 spiro atoms. The van der Waals surface area contributed by atoms with Gasteiger partial charge in [-0.1, -0.05) is 6.07 Å². The highest BCUT2D eigenvalue weighted by Crippen LogP contribution is 2.21. The first-order valence-corrected chi connectivity index (χ1v) is 7.92. The van der Waals surface area contributed by atoms with E-state index in [4.69, 9.17) is 0 Å². The number of aromatic amines is 1. The van der Waals surface area contributed by atoms with E-state index in [0.29, 0.717) is 31.0 Å². The third-order valence-corrected chi connectivity index (χ3v) is 4.17. The van der Waals surface area contributed by atoms with Crippen molar-refractivity contribution >= 4 is 22.9 Å². The lowest BCUT2D eigenvalue weighted by Gasteiger charge is -2.22. The molecule has 0 atom stereocenters. The van der Waals surface area contributed by atoms with Crippen molar-refractivity contribution < 1.29 is 4.79 Å². The van der Waals surface area contributed by atoms with Crippen molar-refractivity contribution in [3.8, 4) is 0 Å². The topological polar surface area (TPSA) is 90.9 Å². The van der Waals surface area contributed by atoms with Crippen LogP contribution in [0.3, 0.4) is 0 Å². The van der Waals surface area contributed by atoms with Crippen LogP contribution in [-0.2, 0) is 0 Å². The summed E-state index contributed by atoms with van der Waals surface area (Å²) in [6, 6.07) is 5.40. The fraction of sp³-hybridized carbons (Fsp3) is 0.312. The van der Waals surface area contributed by atoms with Crippen LogP contribution in [0.2, 0.25) is 0 Å². The van der Waals surface area contributed by atoms with Gasteiger partial charge in [0.05, 0.1) is 6.33 Å². The summed E-state index contributed by atoms with van der Waals surface area (Å²) < 4.78 is 0. The Labute approximate surface area is 138 Å². The molecule has 8 heteroatoms. The van der Waals surface area contributed by atoms with Gasteiger partial charge in [0.2, 0.25) is 0 Å². The molecule has 1 aliphatic rings. The van der Waals surface area contributed by atoms with Crippen molar-refractivity contribution in [2.24, 2.45) is 0 Å². The number of pyridine rings is 1. The molecular weight excluding hydrogens is 306 g/mol. The second-order valence-electron chi connectivity index (χ2n) is 5.65. The molecule has 8 nitrogen and oxygen atoms in total. The van der Waals surface area contributed by atoms with Gasteiger partial charge in [0.15, 0.2) is 11.5 Å². The number of aromatic nitrogens is 5. The minimum absolute atomic E-state index is 0.0215. The summed E-state index contributed by atoms with van der Waals surface area (Å²) in [5, 5.41) is 0. The molecule has 1 fully saturated rings. The van der Waals surface area contributed by atoms with Gasteiger partial charge in [-0.2, -0.15) is 0 Å². The summed E-state index contributed by atoms with van der Waals surface area (Å²) >= 11 is 0. The van der Waals surface area contributed by atoms with Gasteiger partial charge >= 0.3 is 0 Å². The molecule has 0 radical (unpaired) electrons. The van der Waals surface area contributed by atoms with E-state index in [2.05, 4.69) is 29.8 Å². The van der Waals surface area contributed by atoms with Gasteiger partial charge in [-0.3, -0.25) is 9.78 Å². The Morgan fingerprint density at radius 3 is 2.88 bits per heavy atom. The standard InChI is InChI=1S/C16H17N7O/c24-16(12-4-1-2-5-17-12)23-7-3-6-22(8-9-23)15-13-14(19-10-18-13)20-11-21-15/h1-2,4-5,10-11H,3,6-9H2,(H,18,19,20,21). The zero-order chi connectivity index (χ0) is 16.4. The molecule has 3 aromatic rings. The van der Waals surface area contributed by atoms with E-state index in [-0.39, 0.29) is 5.91 Å². The number of nitrogens with one attached hydrogen (secondary N) is 1. The summed E-state index contributed by atoms with van der Waals surface area (Å²) in [6.07, 6.45) is 5.67. The molecule has 3 aromatic heterocycles. The lowest BCUT2D eigenvalue weighted by atomic mass is 10.3. The van der Waals surface area contributed by atoms with Gasteiger partial charge in [0, 0.05) is 32.4 Å². The third-order valence-electron chi connectivity index (χ3n) is 4.17. The number of hydrogen-bond acceptors (Lipinski definition) is 6. The van der Waals surface area contributed by atoms with Crippen LogP contribution in [0.15, 0.2) is 37.1 Å². The van der Waals surface area contributed by atoms with Crippen LogP contribution in [-0.4, -0.2) is 61.9 Å². The zero-order valence-corrected chi connectivity index (χ0v) is 13.1. The first-order chi connectivity index (χ1) is 11.8. The Bertz CT molecular complexity index is 848. The first-order valence-electron chi connectivity index (χ1n) is 7.92. The fourth-order valence-electron chi connectivity index (χ4n) is 2.98.